The topological polar surface area (TPSA) is 85.4 Å². The van der Waals surface area contributed by atoms with Crippen LogP contribution in [0.5, 0.6) is 0 Å². The molecule has 0 radical (unpaired) electrons. The summed E-state index contributed by atoms with van der Waals surface area (Å²) in [6.07, 6.45) is 26.7. The summed E-state index contributed by atoms with van der Waals surface area (Å²) in [4.78, 5) is 15.1. The van der Waals surface area contributed by atoms with Crippen molar-refractivity contribution in [2.75, 3.05) is 25.6 Å². The van der Waals surface area contributed by atoms with Gasteiger partial charge in [0.1, 0.15) is 0 Å². The summed E-state index contributed by atoms with van der Waals surface area (Å²) in [6.45, 7) is 16.4. The number of ether oxygens (including phenoxy) is 1. The SMILES string of the molecule is C#C.C#Cc1ccc(NC(/N=C2/C=CN(C)C2)=N/CO/C(=C\C)CC)cc1.C=C(C)C(/C=N\C=C/C)=C\C#N.CC. The zero-order valence-electron chi connectivity index (χ0n) is 25.6. The molecule has 216 valence electrons. The molecule has 7 nitrogen and oxygen atoms in total. The second-order valence-corrected chi connectivity index (χ2v) is 7.81. The fourth-order valence-electron chi connectivity index (χ4n) is 2.78. The van der Waals surface area contributed by atoms with E-state index in [1.807, 2.05) is 103 Å². The van der Waals surface area contributed by atoms with E-state index in [0.717, 1.165) is 46.8 Å². The van der Waals surface area contributed by atoms with E-state index in [1.165, 1.54) is 6.08 Å². The predicted molar refractivity (Wildman–Crippen MR) is 178 cm³/mol. The van der Waals surface area contributed by atoms with Gasteiger partial charge in [0.2, 0.25) is 5.96 Å². The van der Waals surface area contributed by atoms with Crippen molar-refractivity contribution in [2.24, 2.45) is 15.0 Å². The maximum Gasteiger partial charge on any atom is 0.226 e. The summed E-state index contributed by atoms with van der Waals surface area (Å²) in [5.74, 6) is 4.03. The van der Waals surface area contributed by atoms with Gasteiger partial charge in [0, 0.05) is 55.0 Å². The molecule has 0 atom stereocenters. The summed E-state index contributed by atoms with van der Waals surface area (Å²) in [5, 5.41) is 11.6. The first kappa shape index (κ1) is 38.1. The Balaban J connectivity index is 0. The van der Waals surface area contributed by atoms with Crippen LogP contribution in [-0.4, -0.2) is 43.1 Å². The van der Waals surface area contributed by atoms with Crippen molar-refractivity contribution >= 4 is 23.6 Å². The van der Waals surface area contributed by atoms with Crippen molar-refractivity contribution in [1.82, 2.24) is 4.90 Å². The van der Waals surface area contributed by atoms with Crippen LogP contribution in [0.4, 0.5) is 5.69 Å². The van der Waals surface area contributed by atoms with Gasteiger partial charge in [0.05, 0.1) is 24.1 Å². The smallest absolute Gasteiger partial charge is 0.226 e. The lowest BCUT2D eigenvalue weighted by molar-refractivity contribution is 0.214. The number of anilines is 1. The molecule has 1 aromatic carbocycles. The van der Waals surface area contributed by atoms with Crippen LogP contribution in [0.25, 0.3) is 0 Å². The maximum absolute atomic E-state index is 8.39. The minimum absolute atomic E-state index is 0.217. The average Bonchev–Trinajstić information content (AvgIpc) is 3.41. The number of hydrogen-bond donors (Lipinski definition) is 1. The maximum atomic E-state index is 8.39. The molecule has 0 unspecified atom stereocenters. The van der Waals surface area contributed by atoms with Crippen LogP contribution >= 0.6 is 0 Å². The highest BCUT2D eigenvalue weighted by Gasteiger charge is 2.08. The molecule has 1 N–H and O–H groups in total. The van der Waals surface area contributed by atoms with Gasteiger partial charge >= 0.3 is 0 Å². The molecular formula is C34H44N6O. The lowest BCUT2D eigenvalue weighted by Crippen LogP contribution is -2.17. The molecule has 41 heavy (non-hydrogen) atoms. The molecule has 0 spiro atoms. The molecule has 0 bridgehead atoms. The zero-order valence-corrected chi connectivity index (χ0v) is 25.6. The van der Waals surface area contributed by atoms with Crippen LogP contribution in [0.2, 0.25) is 0 Å². The highest BCUT2D eigenvalue weighted by atomic mass is 16.5. The molecule has 2 rings (SSSR count). The molecule has 0 aliphatic carbocycles. The third kappa shape index (κ3) is 18.0. The average molecular weight is 553 g/mol. The van der Waals surface area contributed by atoms with Crippen LogP contribution in [0.1, 0.15) is 53.5 Å². The van der Waals surface area contributed by atoms with E-state index in [9.17, 15) is 0 Å². The lowest BCUT2D eigenvalue weighted by atomic mass is 10.1. The van der Waals surface area contributed by atoms with Gasteiger partial charge in [-0.2, -0.15) is 5.26 Å². The first-order chi connectivity index (χ1) is 19.9. The molecule has 0 fully saturated rings. The summed E-state index contributed by atoms with van der Waals surface area (Å²) < 4.78 is 5.64. The number of aliphatic imine (C=N–C) groups is 3. The molecule has 7 heteroatoms. The molecule has 1 aliphatic rings. The quantitative estimate of drug-likeness (QED) is 0.0903. The number of nitriles is 1. The second kappa shape index (κ2) is 25.2. The summed E-state index contributed by atoms with van der Waals surface area (Å²) in [6, 6.07) is 9.51. The molecule has 1 aromatic rings. The number of terminal acetylenes is 2. The molecule has 1 heterocycles. The van der Waals surface area contributed by atoms with E-state index in [2.05, 4.69) is 50.5 Å². The van der Waals surface area contributed by atoms with E-state index in [0.29, 0.717) is 5.96 Å². The Morgan fingerprint density at radius 3 is 2.34 bits per heavy atom. The van der Waals surface area contributed by atoms with Gasteiger partial charge in [-0.1, -0.05) is 39.3 Å². The Kier molecular flexibility index (Phi) is 23.4. The minimum atomic E-state index is 0.217. The molecular weight excluding hydrogens is 508 g/mol. The van der Waals surface area contributed by atoms with Crippen LogP contribution in [-0.2, 0) is 4.74 Å². The Morgan fingerprint density at radius 1 is 1.22 bits per heavy atom. The van der Waals surface area contributed by atoms with E-state index in [1.54, 1.807) is 12.4 Å². The highest BCUT2D eigenvalue weighted by Crippen LogP contribution is 2.10. The fraction of sp³-hybridized carbons (Fsp3) is 0.294. The van der Waals surface area contributed by atoms with Crippen LogP contribution in [0.3, 0.4) is 0 Å². The van der Waals surface area contributed by atoms with Gasteiger partial charge in [0.15, 0.2) is 6.73 Å². The zero-order chi connectivity index (χ0) is 31.5. The molecule has 0 saturated heterocycles. The summed E-state index contributed by atoms with van der Waals surface area (Å²) in [5.41, 5.74) is 4.25. The lowest BCUT2D eigenvalue weighted by Gasteiger charge is -2.10. The van der Waals surface area contributed by atoms with E-state index >= 15 is 0 Å². The number of benzene rings is 1. The van der Waals surface area contributed by atoms with E-state index in [-0.39, 0.29) is 6.73 Å². The molecule has 0 saturated carbocycles. The number of hydrogen-bond acceptors (Lipinski definition) is 5. The molecule has 0 amide bonds. The predicted octanol–water partition coefficient (Wildman–Crippen LogP) is 7.52. The van der Waals surface area contributed by atoms with Gasteiger partial charge in [-0.25, -0.2) is 9.98 Å². The largest absolute Gasteiger partial charge is 0.476 e. The standard InChI is InChI=1S/C20H24N4O.C10H12N2.C2H6.C2H2/c1-5-16-8-10-17(11-9-16)22-20(21-15-25-19(6-2)7-3)23-18-12-13-24(4)14-18;1-4-7-12-8-10(5-6-11)9(2)3;2*1-2/h1,6,8-13H,7,14-15H2,2-4H3,(H,21,22);4-5,7-8H,2H2,1,3H3;1-2H3;1-2H/b19-6-,23-18-;7-4-,10-5-,12-8-;;. The molecule has 0 aromatic heterocycles. The third-order valence-electron chi connectivity index (χ3n) is 4.79. The number of nitrogens with one attached hydrogen (secondary N) is 1. The first-order valence-electron chi connectivity index (χ1n) is 13.2. The van der Waals surface area contributed by atoms with Crippen molar-refractivity contribution in [2.45, 2.75) is 48.0 Å². The van der Waals surface area contributed by atoms with Gasteiger partial charge < -0.3 is 15.0 Å². The van der Waals surface area contributed by atoms with Gasteiger partial charge in [-0.05, 0) is 62.8 Å². The Bertz CT molecular complexity index is 1230. The van der Waals surface area contributed by atoms with Crippen LogP contribution in [0.15, 0.2) is 99.4 Å². The van der Waals surface area contributed by atoms with Crippen molar-refractivity contribution in [1.29, 1.82) is 5.26 Å². The summed E-state index contributed by atoms with van der Waals surface area (Å²) >= 11 is 0. The van der Waals surface area contributed by atoms with Gasteiger partial charge in [-0.15, -0.1) is 19.3 Å². The Hall–Kier alpha value is -5.06. The van der Waals surface area contributed by atoms with Gasteiger partial charge in [0.25, 0.3) is 0 Å². The first-order valence-corrected chi connectivity index (χ1v) is 13.2. The second-order valence-electron chi connectivity index (χ2n) is 7.81. The minimum Gasteiger partial charge on any atom is -0.476 e. The van der Waals surface area contributed by atoms with Crippen molar-refractivity contribution in [3.8, 4) is 31.3 Å². The number of nitrogens with zero attached hydrogens (tertiary/aromatic N) is 5. The highest BCUT2D eigenvalue weighted by molar-refractivity contribution is 6.09. The van der Waals surface area contributed by atoms with Crippen molar-refractivity contribution in [3.05, 3.63) is 90.0 Å². The Morgan fingerprint density at radius 2 is 1.88 bits per heavy atom. The monoisotopic (exact) mass is 552 g/mol. The number of guanidine groups is 1. The summed E-state index contributed by atoms with van der Waals surface area (Å²) in [7, 11) is 2.00. The van der Waals surface area contributed by atoms with Crippen LogP contribution in [0, 0.1) is 36.5 Å². The van der Waals surface area contributed by atoms with Crippen molar-refractivity contribution < 1.29 is 4.74 Å². The Labute approximate surface area is 248 Å². The van der Waals surface area contributed by atoms with Gasteiger partial charge in [-0.3, -0.25) is 4.99 Å². The fourth-order valence-corrected chi connectivity index (χ4v) is 2.78. The van der Waals surface area contributed by atoms with E-state index < -0.39 is 0 Å². The third-order valence-corrected chi connectivity index (χ3v) is 4.79. The molecule has 1 aliphatic heterocycles. The van der Waals surface area contributed by atoms with Crippen LogP contribution < -0.4 is 5.32 Å². The van der Waals surface area contributed by atoms with E-state index in [4.69, 9.17) is 16.4 Å². The normalized spacial score (nSPS) is 13.7. The van der Waals surface area contributed by atoms with Crippen molar-refractivity contribution in [3.63, 3.8) is 0 Å². The number of rotatable bonds is 8. The number of allylic oxidation sites excluding steroid dienone is 6.